The predicted molar refractivity (Wildman–Crippen MR) is 75.2 cm³/mol. The Bertz CT molecular complexity index is 970. The molecule has 0 aromatic carbocycles. The maximum Gasteiger partial charge on any atom is 0.416 e. The first-order valence-electron chi connectivity index (χ1n) is 6.13. The Labute approximate surface area is 131 Å². The van der Waals surface area contributed by atoms with Gasteiger partial charge in [0.05, 0.1) is 11.3 Å². The fraction of sp³-hybridized carbons (Fsp3) is 0.0714. The predicted octanol–water partition coefficient (Wildman–Crippen LogP) is 3.63. The summed E-state index contributed by atoms with van der Waals surface area (Å²) in [5, 5.41) is 9.70. The van der Waals surface area contributed by atoms with Crippen LogP contribution < -0.4 is 5.63 Å². The summed E-state index contributed by atoms with van der Waals surface area (Å²) in [4.78, 5) is 19.5. The molecular weight excluding hydrogens is 337 g/mol. The smallest absolute Gasteiger partial charge is 0.416 e. The zero-order chi connectivity index (χ0) is 16.8. The van der Waals surface area contributed by atoms with Crippen molar-refractivity contribution < 1.29 is 22.7 Å². The number of aromatic nitrogens is 2. The van der Waals surface area contributed by atoms with Gasteiger partial charge in [-0.1, -0.05) is 11.6 Å². The van der Waals surface area contributed by atoms with Crippen LogP contribution in [0.2, 0.25) is 5.15 Å². The van der Waals surface area contributed by atoms with Crippen molar-refractivity contribution in [1.29, 1.82) is 0 Å². The molecule has 3 aromatic heterocycles. The second kappa shape index (κ2) is 5.24. The van der Waals surface area contributed by atoms with Crippen molar-refractivity contribution in [3.8, 4) is 17.0 Å². The molecule has 0 fully saturated rings. The number of pyridine rings is 2. The van der Waals surface area contributed by atoms with Gasteiger partial charge in [-0.2, -0.15) is 13.2 Å². The topological polar surface area (TPSA) is 76.2 Å². The molecule has 0 aliphatic carbocycles. The Balaban J connectivity index is 2.33. The molecule has 0 aliphatic heterocycles. The summed E-state index contributed by atoms with van der Waals surface area (Å²) < 4.78 is 43.5. The lowest BCUT2D eigenvalue weighted by Crippen LogP contribution is -2.09. The molecular formula is C14H6ClF3N2O3. The molecule has 0 spiro atoms. The number of halogens is 4. The van der Waals surface area contributed by atoms with E-state index in [4.69, 9.17) is 16.0 Å². The van der Waals surface area contributed by atoms with Crippen molar-refractivity contribution in [2.45, 2.75) is 6.18 Å². The Hall–Kier alpha value is -2.61. The van der Waals surface area contributed by atoms with E-state index < -0.39 is 39.5 Å². The molecule has 0 unspecified atom stereocenters. The molecule has 118 valence electrons. The van der Waals surface area contributed by atoms with E-state index in [0.29, 0.717) is 12.1 Å². The molecule has 3 aromatic rings. The van der Waals surface area contributed by atoms with E-state index in [1.165, 1.54) is 18.3 Å². The summed E-state index contributed by atoms with van der Waals surface area (Å²) in [7, 11) is 0. The molecule has 9 heteroatoms. The highest BCUT2D eigenvalue weighted by Crippen LogP contribution is 2.36. The molecule has 3 heterocycles. The number of hydrogen-bond donors (Lipinski definition) is 1. The number of rotatable bonds is 1. The van der Waals surface area contributed by atoms with Crippen LogP contribution in [0.4, 0.5) is 13.2 Å². The average Bonchev–Trinajstić information content (AvgIpc) is 2.46. The van der Waals surface area contributed by atoms with Crippen LogP contribution in [0, 0.1) is 0 Å². The monoisotopic (exact) mass is 342 g/mol. The second-order valence-corrected chi connectivity index (χ2v) is 4.91. The van der Waals surface area contributed by atoms with Gasteiger partial charge in [-0.25, -0.2) is 14.8 Å². The third-order valence-electron chi connectivity index (χ3n) is 3.02. The number of hydrogen-bond acceptors (Lipinski definition) is 5. The summed E-state index contributed by atoms with van der Waals surface area (Å²) in [5.41, 5.74) is -3.22. The van der Waals surface area contributed by atoms with Gasteiger partial charge in [0.25, 0.3) is 0 Å². The lowest BCUT2D eigenvalue weighted by molar-refractivity contribution is -0.137. The van der Waals surface area contributed by atoms with Crippen molar-refractivity contribution in [2.24, 2.45) is 0 Å². The average molecular weight is 343 g/mol. The van der Waals surface area contributed by atoms with Crippen LogP contribution in [0.15, 0.2) is 39.7 Å². The first-order valence-corrected chi connectivity index (χ1v) is 6.51. The van der Waals surface area contributed by atoms with Gasteiger partial charge in [-0.3, -0.25) is 0 Å². The van der Waals surface area contributed by atoms with Crippen LogP contribution in [-0.4, -0.2) is 15.1 Å². The molecule has 0 saturated carbocycles. The van der Waals surface area contributed by atoms with Crippen LogP contribution in [-0.2, 0) is 6.18 Å². The van der Waals surface area contributed by atoms with Crippen LogP contribution in [0.3, 0.4) is 0 Å². The molecule has 23 heavy (non-hydrogen) atoms. The van der Waals surface area contributed by atoms with E-state index in [1.54, 1.807) is 0 Å². The zero-order valence-electron chi connectivity index (χ0n) is 11.1. The van der Waals surface area contributed by atoms with Crippen molar-refractivity contribution in [3.63, 3.8) is 0 Å². The summed E-state index contributed by atoms with van der Waals surface area (Å²) >= 11 is 5.59. The lowest BCUT2D eigenvalue weighted by Gasteiger charge is -2.10. The maximum absolute atomic E-state index is 12.9. The van der Waals surface area contributed by atoms with Crippen LogP contribution in [0.5, 0.6) is 5.75 Å². The van der Waals surface area contributed by atoms with E-state index in [-0.39, 0.29) is 11.1 Å². The Kier molecular flexibility index (Phi) is 3.48. The summed E-state index contributed by atoms with van der Waals surface area (Å²) in [6.45, 7) is 0. The third-order valence-corrected chi connectivity index (χ3v) is 3.21. The molecule has 5 nitrogen and oxygen atoms in total. The molecule has 0 bridgehead atoms. The first-order chi connectivity index (χ1) is 10.8. The summed E-state index contributed by atoms with van der Waals surface area (Å²) in [6.07, 6.45) is -3.36. The van der Waals surface area contributed by atoms with Gasteiger partial charge in [0.1, 0.15) is 16.2 Å². The molecule has 1 N–H and O–H groups in total. The van der Waals surface area contributed by atoms with Crippen LogP contribution >= 0.6 is 11.6 Å². The first kappa shape index (κ1) is 15.3. The SMILES string of the molecule is O=c1oc2cccnc2c(O)c1-c1cc(C(F)(F)F)cc(Cl)n1. The number of aromatic hydroxyl groups is 1. The molecule has 0 radical (unpaired) electrons. The molecule has 3 rings (SSSR count). The molecule has 0 amide bonds. The number of nitrogens with zero attached hydrogens (tertiary/aromatic N) is 2. The number of alkyl halides is 3. The van der Waals surface area contributed by atoms with Gasteiger partial charge in [0, 0.05) is 6.20 Å². The third kappa shape index (κ3) is 2.72. The standard InChI is InChI=1S/C14H6ClF3N2O3/c15-9-5-6(14(16,17)18)4-7(20-9)10-12(21)11-8(23-13(10)22)2-1-3-19-11/h1-5,21H. The minimum absolute atomic E-state index is 0.00294. The minimum Gasteiger partial charge on any atom is -0.505 e. The van der Waals surface area contributed by atoms with Gasteiger partial charge < -0.3 is 9.52 Å². The fourth-order valence-corrected chi connectivity index (χ4v) is 2.24. The normalized spacial score (nSPS) is 11.8. The van der Waals surface area contributed by atoms with Gasteiger partial charge in [-0.05, 0) is 24.3 Å². The highest BCUT2D eigenvalue weighted by atomic mass is 35.5. The lowest BCUT2D eigenvalue weighted by atomic mass is 10.1. The van der Waals surface area contributed by atoms with E-state index >= 15 is 0 Å². The summed E-state index contributed by atoms with van der Waals surface area (Å²) in [6, 6.07) is 4.08. The Morgan fingerprint density at radius 1 is 1.26 bits per heavy atom. The minimum atomic E-state index is -4.69. The largest absolute Gasteiger partial charge is 0.505 e. The maximum atomic E-state index is 12.9. The van der Waals surface area contributed by atoms with Gasteiger partial charge in [0.15, 0.2) is 11.3 Å². The molecule has 0 atom stereocenters. The Morgan fingerprint density at radius 2 is 2.00 bits per heavy atom. The second-order valence-electron chi connectivity index (χ2n) is 4.52. The summed E-state index contributed by atoms with van der Waals surface area (Å²) in [5.74, 6) is -0.625. The van der Waals surface area contributed by atoms with E-state index in [1.807, 2.05) is 0 Å². The fourth-order valence-electron chi connectivity index (χ4n) is 2.03. The van der Waals surface area contributed by atoms with Crippen LogP contribution in [0.25, 0.3) is 22.4 Å². The Morgan fingerprint density at radius 3 is 2.70 bits per heavy atom. The van der Waals surface area contributed by atoms with Crippen molar-refractivity contribution in [3.05, 3.63) is 51.6 Å². The van der Waals surface area contributed by atoms with E-state index in [2.05, 4.69) is 9.97 Å². The van der Waals surface area contributed by atoms with Crippen molar-refractivity contribution >= 4 is 22.7 Å². The van der Waals surface area contributed by atoms with Crippen molar-refractivity contribution in [2.75, 3.05) is 0 Å². The van der Waals surface area contributed by atoms with E-state index in [0.717, 1.165) is 0 Å². The van der Waals surface area contributed by atoms with Crippen LogP contribution in [0.1, 0.15) is 5.56 Å². The molecule has 0 aliphatic rings. The van der Waals surface area contributed by atoms with Gasteiger partial charge in [-0.15, -0.1) is 0 Å². The molecule has 0 saturated heterocycles. The number of fused-ring (bicyclic) bond motifs is 1. The highest BCUT2D eigenvalue weighted by Gasteiger charge is 2.32. The van der Waals surface area contributed by atoms with Gasteiger partial charge in [0.2, 0.25) is 0 Å². The highest BCUT2D eigenvalue weighted by molar-refractivity contribution is 6.29. The zero-order valence-corrected chi connectivity index (χ0v) is 11.8. The van der Waals surface area contributed by atoms with Gasteiger partial charge >= 0.3 is 11.8 Å². The van der Waals surface area contributed by atoms with E-state index in [9.17, 15) is 23.1 Å². The quantitative estimate of drug-likeness (QED) is 0.683. The van der Waals surface area contributed by atoms with Crippen molar-refractivity contribution in [1.82, 2.24) is 9.97 Å².